The van der Waals surface area contributed by atoms with Crippen LogP contribution in [0.3, 0.4) is 0 Å². The van der Waals surface area contributed by atoms with Gasteiger partial charge in [0.05, 0.1) is 17.7 Å². The third-order valence-corrected chi connectivity index (χ3v) is 5.75. The molecule has 0 radical (unpaired) electrons. The van der Waals surface area contributed by atoms with Crippen LogP contribution >= 0.6 is 0 Å². The lowest BCUT2D eigenvalue weighted by atomic mass is 9.90. The molecule has 0 saturated carbocycles. The fourth-order valence-electron chi connectivity index (χ4n) is 4.33. The van der Waals surface area contributed by atoms with Crippen molar-refractivity contribution in [3.8, 4) is 11.1 Å². The maximum Gasteiger partial charge on any atom is 0.257 e. The number of hydrogen-bond donors (Lipinski definition) is 1. The number of benzene rings is 2. The summed E-state index contributed by atoms with van der Waals surface area (Å²) < 4.78 is 1.62. The molecule has 6 nitrogen and oxygen atoms in total. The molecule has 0 bridgehead atoms. The molecular weight excluding hydrogens is 388 g/mol. The fraction of sp³-hybridized carbons (Fsp3) is 0.320. The number of aromatic nitrogens is 2. The van der Waals surface area contributed by atoms with Gasteiger partial charge in [-0.2, -0.15) is 5.10 Å². The Kier molecular flexibility index (Phi) is 5.89. The molecule has 1 aromatic heterocycles. The summed E-state index contributed by atoms with van der Waals surface area (Å²) in [5.41, 5.74) is 6.38. The van der Waals surface area contributed by atoms with Gasteiger partial charge in [0, 0.05) is 32.9 Å². The van der Waals surface area contributed by atoms with Crippen LogP contribution in [0, 0.1) is 19.8 Å². The highest BCUT2D eigenvalue weighted by molar-refractivity contribution is 5.94. The summed E-state index contributed by atoms with van der Waals surface area (Å²) in [6, 6.07) is 14.7. The molecule has 2 aromatic carbocycles. The van der Waals surface area contributed by atoms with Crippen LogP contribution in [0.1, 0.15) is 27.0 Å². The molecule has 1 N–H and O–H groups in total. The second kappa shape index (κ2) is 8.76. The van der Waals surface area contributed by atoms with Crippen LogP contribution in [-0.2, 0) is 18.3 Å². The van der Waals surface area contributed by atoms with Gasteiger partial charge >= 0.3 is 0 Å². The molecule has 1 atom stereocenters. The van der Waals surface area contributed by atoms with E-state index in [-0.39, 0.29) is 17.7 Å². The molecule has 2 amide bonds. The smallest absolute Gasteiger partial charge is 0.257 e. The largest absolute Gasteiger partial charge is 0.354 e. The molecule has 160 valence electrons. The summed E-state index contributed by atoms with van der Waals surface area (Å²) in [5.74, 6) is -0.399. The molecule has 6 heteroatoms. The van der Waals surface area contributed by atoms with Crippen LogP contribution in [0.5, 0.6) is 0 Å². The van der Waals surface area contributed by atoms with Crippen molar-refractivity contribution in [1.29, 1.82) is 0 Å². The Hall–Kier alpha value is -3.41. The van der Waals surface area contributed by atoms with Gasteiger partial charge in [0.15, 0.2) is 0 Å². The first-order valence-electron chi connectivity index (χ1n) is 10.6. The van der Waals surface area contributed by atoms with E-state index >= 15 is 0 Å². The molecule has 1 aliphatic heterocycles. The molecule has 3 aromatic rings. The molecule has 0 aliphatic carbocycles. The predicted molar refractivity (Wildman–Crippen MR) is 121 cm³/mol. The van der Waals surface area contributed by atoms with Crippen molar-refractivity contribution in [1.82, 2.24) is 20.0 Å². The maximum absolute atomic E-state index is 13.0. The van der Waals surface area contributed by atoms with Gasteiger partial charge in [-0.25, -0.2) is 0 Å². The number of aryl methyl sites for hydroxylation is 3. The van der Waals surface area contributed by atoms with E-state index in [2.05, 4.69) is 54.6 Å². The van der Waals surface area contributed by atoms with Crippen LogP contribution in [0.2, 0.25) is 0 Å². The summed E-state index contributed by atoms with van der Waals surface area (Å²) in [6.45, 7) is 5.54. The molecule has 31 heavy (non-hydrogen) atoms. The average molecular weight is 417 g/mol. The quantitative estimate of drug-likeness (QED) is 0.711. The minimum atomic E-state index is -0.310. The van der Waals surface area contributed by atoms with E-state index in [1.165, 1.54) is 11.1 Å². The van der Waals surface area contributed by atoms with Crippen LogP contribution < -0.4 is 5.32 Å². The van der Waals surface area contributed by atoms with Crippen molar-refractivity contribution in [2.75, 3.05) is 19.6 Å². The zero-order valence-electron chi connectivity index (χ0n) is 18.3. The lowest BCUT2D eigenvalue weighted by molar-refractivity contribution is -0.124. The first-order chi connectivity index (χ1) is 14.9. The third kappa shape index (κ3) is 4.68. The number of nitrogens with one attached hydrogen (secondary N) is 1. The number of carbonyl (C=O) groups excluding carboxylic acids is 2. The van der Waals surface area contributed by atoms with Gasteiger partial charge < -0.3 is 10.2 Å². The minimum absolute atomic E-state index is 0.00304. The molecule has 0 spiro atoms. The highest BCUT2D eigenvalue weighted by Crippen LogP contribution is 2.28. The van der Waals surface area contributed by atoms with Gasteiger partial charge in [-0.1, -0.05) is 53.6 Å². The van der Waals surface area contributed by atoms with Crippen molar-refractivity contribution >= 4 is 11.8 Å². The lowest BCUT2D eigenvalue weighted by Crippen LogP contribution is -2.37. The lowest BCUT2D eigenvalue weighted by Gasteiger charge is -2.23. The summed E-state index contributed by atoms with van der Waals surface area (Å²) in [6.07, 6.45) is 3.87. The Morgan fingerprint density at radius 2 is 1.90 bits per heavy atom. The van der Waals surface area contributed by atoms with Crippen LogP contribution in [0.25, 0.3) is 11.1 Å². The Morgan fingerprint density at radius 1 is 1.16 bits per heavy atom. The Bertz CT molecular complexity index is 1100. The summed E-state index contributed by atoms with van der Waals surface area (Å²) in [5, 5.41) is 7.08. The molecule has 1 fully saturated rings. The SMILES string of the molecule is Cc1cc(C)cc(-c2ccccc2CC2CN(C(=O)c3cnn(C)c3)CCNC2=O)c1. The van der Waals surface area contributed by atoms with Crippen LogP contribution in [0.15, 0.2) is 54.9 Å². The second-order valence-corrected chi connectivity index (χ2v) is 8.38. The Labute approximate surface area is 182 Å². The van der Waals surface area contributed by atoms with E-state index in [0.717, 1.165) is 16.7 Å². The van der Waals surface area contributed by atoms with Crippen molar-refractivity contribution in [2.24, 2.45) is 13.0 Å². The fourth-order valence-corrected chi connectivity index (χ4v) is 4.33. The summed E-state index contributed by atoms with van der Waals surface area (Å²) >= 11 is 0. The molecule has 1 unspecified atom stereocenters. The Balaban J connectivity index is 1.60. The van der Waals surface area contributed by atoms with Crippen molar-refractivity contribution in [3.05, 3.63) is 77.1 Å². The highest BCUT2D eigenvalue weighted by Gasteiger charge is 2.29. The number of hydrogen-bond acceptors (Lipinski definition) is 3. The van der Waals surface area contributed by atoms with E-state index < -0.39 is 0 Å². The standard InChI is InChI=1S/C25H28N4O2/c1-17-10-18(2)12-20(11-17)23-7-5-4-6-19(23)13-21-16-29(9-8-26-24(21)30)25(31)22-14-27-28(3)15-22/h4-7,10-12,14-15,21H,8-9,13,16H2,1-3H3,(H,26,30). The van der Waals surface area contributed by atoms with Gasteiger partial charge in [0.1, 0.15) is 0 Å². The van der Waals surface area contributed by atoms with Gasteiger partial charge in [0.25, 0.3) is 5.91 Å². The van der Waals surface area contributed by atoms with Gasteiger partial charge in [-0.05, 0) is 37.0 Å². The van der Waals surface area contributed by atoms with Gasteiger partial charge in [-0.3, -0.25) is 14.3 Å². The van der Waals surface area contributed by atoms with Crippen LogP contribution in [-0.4, -0.2) is 46.1 Å². The third-order valence-electron chi connectivity index (χ3n) is 5.75. The van der Waals surface area contributed by atoms with E-state index in [1.54, 1.807) is 29.0 Å². The first-order valence-corrected chi connectivity index (χ1v) is 10.6. The molecule has 2 heterocycles. The van der Waals surface area contributed by atoms with E-state index in [1.807, 2.05) is 12.1 Å². The number of carbonyl (C=O) groups is 2. The average Bonchev–Trinajstić information content (AvgIpc) is 3.09. The predicted octanol–water partition coefficient (Wildman–Crippen LogP) is 3.13. The van der Waals surface area contributed by atoms with Gasteiger partial charge in [-0.15, -0.1) is 0 Å². The zero-order chi connectivity index (χ0) is 22.0. The van der Waals surface area contributed by atoms with Gasteiger partial charge in [0.2, 0.25) is 5.91 Å². The monoisotopic (exact) mass is 416 g/mol. The summed E-state index contributed by atoms with van der Waals surface area (Å²) in [7, 11) is 1.79. The van der Waals surface area contributed by atoms with E-state index in [4.69, 9.17) is 0 Å². The number of nitrogens with zero attached hydrogens (tertiary/aromatic N) is 3. The van der Waals surface area contributed by atoms with Crippen molar-refractivity contribution < 1.29 is 9.59 Å². The number of amides is 2. The second-order valence-electron chi connectivity index (χ2n) is 8.38. The molecule has 4 rings (SSSR count). The molecule has 1 aliphatic rings. The van der Waals surface area contributed by atoms with Crippen molar-refractivity contribution in [2.45, 2.75) is 20.3 Å². The minimum Gasteiger partial charge on any atom is -0.354 e. The highest BCUT2D eigenvalue weighted by atomic mass is 16.2. The molecular formula is C25H28N4O2. The maximum atomic E-state index is 13.0. The van der Waals surface area contributed by atoms with E-state index in [0.29, 0.717) is 31.6 Å². The van der Waals surface area contributed by atoms with E-state index in [9.17, 15) is 9.59 Å². The Morgan fingerprint density at radius 3 is 2.61 bits per heavy atom. The molecule has 1 saturated heterocycles. The number of rotatable bonds is 4. The normalized spacial score (nSPS) is 16.7. The topological polar surface area (TPSA) is 67.2 Å². The first kappa shape index (κ1) is 20.8. The van der Waals surface area contributed by atoms with Crippen LogP contribution in [0.4, 0.5) is 0 Å². The van der Waals surface area contributed by atoms with Crippen molar-refractivity contribution in [3.63, 3.8) is 0 Å². The zero-order valence-corrected chi connectivity index (χ0v) is 18.3. The summed E-state index contributed by atoms with van der Waals surface area (Å²) in [4.78, 5) is 27.5.